The van der Waals surface area contributed by atoms with Crippen molar-refractivity contribution in [3.8, 4) is 0 Å². The lowest BCUT2D eigenvalue weighted by Gasteiger charge is -2.24. The van der Waals surface area contributed by atoms with Crippen LogP contribution >= 0.6 is 0 Å². The predicted octanol–water partition coefficient (Wildman–Crippen LogP) is 2.81. The summed E-state index contributed by atoms with van der Waals surface area (Å²) in [6.45, 7) is 6.50. The van der Waals surface area contributed by atoms with Crippen molar-refractivity contribution >= 4 is 5.78 Å². The average molecular weight is 206 g/mol. The third-order valence-corrected chi connectivity index (χ3v) is 2.58. The van der Waals surface area contributed by atoms with Gasteiger partial charge in [0.2, 0.25) is 0 Å². The molecular formula is C13H18O2. The van der Waals surface area contributed by atoms with Gasteiger partial charge in [-0.25, -0.2) is 0 Å². The Hall–Kier alpha value is -1.15. The minimum Gasteiger partial charge on any atom is -0.384 e. The van der Waals surface area contributed by atoms with Gasteiger partial charge in [-0.1, -0.05) is 38.1 Å². The summed E-state index contributed by atoms with van der Waals surface area (Å²) in [4.78, 5) is 11.1. The van der Waals surface area contributed by atoms with Crippen LogP contribution < -0.4 is 0 Å². The van der Waals surface area contributed by atoms with Crippen LogP contribution in [0.2, 0.25) is 0 Å². The molecule has 1 rings (SSSR count). The maximum Gasteiger partial charge on any atom is 0.159 e. The van der Waals surface area contributed by atoms with E-state index < -0.39 is 0 Å². The van der Waals surface area contributed by atoms with Gasteiger partial charge in [0.25, 0.3) is 0 Å². The number of rotatable bonds is 4. The summed E-state index contributed by atoms with van der Waals surface area (Å²) in [5, 5.41) is 0. The lowest BCUT2D eigenvalue weighted by molar-refractivity contribution is 0.101. The number of hydrogen-bond acceptors (Lipinski definition) is 2. The van der Waals surface area contributed by atoms with E-state index in [1.807, 2.05) is 24.3 Å². The standard InChI is InChI=1S/C13H18O2/c1-10(14)11-5-7-12(8-6-11)13(2,3)9-15-4/h5-8H,9H2,1-4H3. The smallest absolute Gasteiger partial charge is 0.159 e. The van der Waals surface area contributed by atoms with Gasteiger partial charge < -0.3 is 4.74 Å². The minimum absolute atomic E-state index is 0.00985. The van der Waals surface area contributed by atoms with Gasteiger partial charge in [-0.05, 0) is 12.5 Å². The van der Waals surface area contributed by atoms with Crippen LogP contribution in [0.15, 0.2) is 24.3 Å². The summed E-state index contributed by atoms with van der Waals surface area (Å²) in [5.41, 5.74) is 1.94. The second-order valence-electron chi connectivity index (χ2n) is 4.45. The highest BCUT2D eigenvalue weighted by molar-refractivity contribution is 5.94. The van der Waals surface area contributed by atoms with Gasteiger partial charge in [0.15, 0.2) is 5.78 Å². The molecule has 0 unspecified atom stereocenters. The topological polar surface area (TPSA) is 26.3 Å². The first kappa shape index (κ1) is 11.9. The molecule has 0 fully saturated rings. The SMILES string of the molecule is COCC(C)(C)c1ccc(C(C)=O)cc1. The van der Waals surface area contributed by atoms with Crippen LogP contribution in [0.25, 0.3) is 0 Å². The molecule has 0 N–H and O–H groups in total. The van der Waals surface area contributed by atoms with Crippen molar-refractivity contribution < 1.29 is 9.53 Å². The molecule has 0 amide bonds. The zero-order chi connectivity index (χ0) is 11.5. The molecule has 0 bridgehead atoms. The average Bonchev–Trinajstić information content (AvgIpc) is 2.18. The zero-order valence-electron chi connectivity index (χ0n) is 9.83. The predicted molar refractivity (Wildman–Crippen MR) is 61.3 cm³/mol. The summed E-state index contributed by atoms with van der Waals surface area (Å²) < 4.78 is 5.17. The van der Waals surface area contributed by atoms with Gasteiger partial charge >= 0.3 is 0 Å². The van der Waals surface area contributed by atoms with Crippen molar-refractivity contribution in [2.24, 2.45) is 0 Å². The van der Waals surface area contributed by atoms with Crippen LogP contribution in [0.3, 0.4) is 0 Å². The number of Topliss-reactive ketones (excluding diaryl/α,β-unsaturated/α-hetero) is 1. The Labute approximate surface area is 91.3 Å². The highest BCUT2D eigenvalue weighted by atomic mass is 16.5. The Bertz CT molecular complexity index is 336. The Morgan fingerprint density at radius 3 is 2.20 bits per heavy atom. The highest BCUT2D eigenvalue weighted by Gasteiger charge is 2.20. The number of carbonyl (C=O) groups is 1. The van der Waals surface area contributed by atoms with E-state index in [2.05, 4.69) is 13.8 Å². The second kappa shape index (κ2) is 4.58. The Morgan fingerprint density at radius 1 is 1.27 bits per heavy atom. The Morgan fingerprint density at radius 2 is 1.80 bits per heavy atom. The third-order valence-electron chi connectivity index (χ3n) is 2.58. The molecule has 15 heavy (non-hydrogen) atoms. The van der Waals surface area contributed by atoms with Gasteiger partial charge in [-0.2, -0.15) is 0 Å². The van der Waals surface area contributed by atoms with Crippen molar-refractivity contribution in [3.63, 3.8) is 0 Å². The van der Waals surface area contributed by atoms with Crippen LogP contribution in [0.1, 0.15) is 36.7 Å². The molecule has 0 saturated carbocycles. The van der Waals surface area contributed by atoms with E-state index in [1.165, 1.54) is 5.56 Å². The van der Waals surface area contributed by atoms with E-state index >= 15 is 0 Å². The largest absolute Gasteiger partial charge is 0.384 e. The summed E-state index contributed by atoms with van der Waals surface area (Å²) in [6.07, 6.45) is 0. The minimum atomic E-state index is -0.00985. The van der Waals surface area contributed by atoms with E-state index in [0.29, 0.717) is 6.61 Å². The van der Waals surface area contributed by atoms with E-state index in [9.17, 15) is 4.79 Å². The van der Waals surface area contributed by atoms with E-state index in [1.54, 1.807) is 14.0 Å². The number of methoxy groups -OCH3 is 1. The summed E-state index contributed by atoms with van der Waals surface area (Å²) in [5.74, 6) is 0.103. The number of hydrogen-bond donors (Lipinski definition) is 0. The molecule has 0 saturated heterocycles. The Kier molecular flexibility index (Phi) is 3.64. The first-order chi connectivity index (χ1) is 6.97. The maximum absolute atomic E-state index is 11.1. The fourth-order valence-electron chi connectivity index (χ4n) is 1.60. The first-order valence-corrected chi connectivity index (χ1v) is 5.08. The molecule has 1 aromatic carbocycles. The van der Waals surface area contributed by atoms with Crippen LogP contribution in [-0.2, 0) is 10.2 Å². The van der Waals surface area contributed by atoms with Gasteiger partial charge in [-0.15, -0.1) is 0 Å². The molecular weight excluding hydrogens is 188 g/mol. The number of carbonyl (C=O) groups excluding carboxylic acids is 1. The molecule has 0 aliphatic rings. The van der Waals surface area contributed by atoms with E-state index in [4.69, 9.17) is 4.74 Å². The molecule has 0 heterocycles. The van der Waals surface area contributed by atoms with Crippen molar-refractivity contribution in [3.05, 3.63) is 35.4 Å². The fourth-order valence-corrected chi connectivity index (χ4v) is 1.60. The quantitative estimate of drug-likeness (QED) is 0.708. The first-order valence-electron chi connectivity index (χ1n) is 5.08. The normalized spacial score (nSPS) is 11.5. The molecule has 0 radical (unpaired) electrons. The molecule has 2 heteroatoms. The van der Waals surface area contributed by atoms with Crippen molar-refractivity contribution in [1.29, 1.82) is 0 Å². The maximum atomic E-state index is 11.1. The van der Waals surface area contributed by atoms with Crippen LogP contribution in [0, 0.1) is 0 Å². The molecule has 82 valence electrons. The molecule has 2 nitrogen and oxygen atoms in total. The van der Waals surface area contributed by atoms with Crippen molar-refractivity contribution in [2.75, 3.05) is 13.7 Å². The van der Waals surface area contributed by atoms with Gasteiger partial charge in [0, 0.05) is 18.1 Å². The van der Waals surface area contributed by atoms with E-state index in [-0.39, 0.29) is 11.2 Å². The number of ether oxygens (including phenoxy) is 1. The lowest BCUT2D eigenvalue weighted by atomic mass is 9.85. The summed E-state index contributed by atoms with van der Waals surface area (Å²) in [7, 11) is 1.70. The second-order valence-corrected chi connectivity index (χ2v) is 4.45. The third kappa shape index (κ3) is 2.90. The van der Waals surface area contributed by atoms with Crippen LogP contribution in [0.4, 0.5) is 0 Å². The monoisotopic (exact) mass is 206 g/mol. The van der Waals surface area contributed by atoms with Crippen molar-refractivity contribution in [2.45, 2.75) is 26.2 Å². The molecule has 0 aromatic heterocycles. The Balaban J connectivity index is 2.93. The van der Waals surface area contributed by atoms with E-state index in [0.717, 1.165) is 5.56 Å². The van der Waals surface area contributed by atoms with Gasteiger partial charge in [0.1, 0.15) is 0 Å². The highest BCUT2D eigenvalue weighted by Crippen LogP contribution is 2.23. The zero-order valence-corrected chi connectivity index (χ0v) is 9.83. The lowest BCUT2D eigenvalue weighted by Crippen LogP contribution is -2.23. The molecule has 0 aliphatic heterocycles. The summed E-state index contributed by atoms with van der Waals surface area (Å²) in [6, 6.07) is 7.73. The van der Waals surface area contributed by atoms with Crippen molar-refractivity contribution in [1.82, 2.24) is 0 Å². The van der Waals surface area contributed by atoms with Gasteiger partial charge in [0.05, 0.1) is 6.61 Å². The molecule has 0 atom stereocenters. The fraction of sp³-hybridized carbons (Fsp3) is 0.462. The molecule has 1 aromatic rings. The summed E-state index contributed by atoms with van der Waals surface area (Å²) >= 11 is 0. The van der Waals surface area contributed by atoms with Crippen LogP contribution in [-0.4, -0.2) is 19.5 Å². The van der Waals surface area contributed by atoms with Gasteiger partial charge in [-0.3, -0.25) is 4.79 Å². The number of ketones is 1. The molecule has 0 spiro atoms. The van der Waals surface area contributed by atoms with Crippen LogP contribution in [0.5, 0.6) is 0 Å². The molecule has 0 aliphatic carbocycles. The number of benzene rings is 1.